The van der Waals surface area contributed by atoms with E-state index in [0.29, 0.717) is 18.2 Å². The Hall–Kier alpha value is -1.36. The largest absolute Gasteiger partial charge is 0.396 e. The molecule has 1 amide bonds. The molecule has 2 heterocycles. The number of aliphatic hydroxyl groups is 1. The first kappa shape index (κ1) is 13.6. The highest BCUT2D eigenvalue weighted by Gasteiger charge is 2.50. The number of carbonyl (C=O) groups excluding carboxylic acids is 1. The average molecular weight is 277 g/mol. The van der Waals surface area contributed by atoms with E-state index in [0.717, 1.165) is 37.9 Å². The number of H-pyrrole nitrogens is 1. The summed E-state index contributed by atoms with van der Waals surface area (Å²) < 4.78 is 0. The predicted octanol–water partition coefficient (Wildman–Crippen LogP) is 1.60. The summed E-state index contributed by atoms with van der Waals surface area (Å²) in [5, 5.41) is 16.8. The fourth-order valence-electron chi connectivity index (χ4n) is 3.86. The minimum absolute atomic E-state index is 0.00540. The molecule has 2 fully saturated rings. The number of aliphatic hydroxyl groups excluding tert-OH is 1. The van der Waals surface area contributed by atoms with Crippen LogP contribution in [0.2, 0.25) is 0 Å². The zero-order valence-corrected chi connectivity index (χ0v) is 12.1. The maximum absolute atomic E-state index is 12.5. The Labute approximate surface area is 119 Å². The third kappa shape index (κ3) is 2.14. The van der Waals surface area contributed by atoms with Crippen LogP contribution in [0.5, 0.6) is 0 Å². The van der Waals surface area contributed by atoms with Gasteiger partial charge in [0.15, 0.2) is 0 Å². The molecule has 0 unspecified atom stereocenters. The lowest BCUT2D eigenvalue weighted by Gasteiger charge is -2.25. The number of nitrogens with one attached hydrogen (secondary N) is 1. The van der Waals surface area contributed by atoms with Crippen LogP contribution in [0.15, 0.2) is 6.07 Å². The minimum Gasteiger partial charge on any atom is -0.396 e. The first-order valence-corrected chi connectivity index (χ1v) is 7.63. The molecular weight excluding hydrogens is 254 g/mol. The highest BCUT2D eigenvalue weighted by Crippen LogP contribution is 2.48. The summed E-state index contributed by atoms with van der Waals surface area (Å²) in [6.45, 7) is 3.76. The zero-order valence-electron chi connectivity index (χ0n) is 12.1. The van der Waals surface area contributed by atoms with Gasteiger partial charge in [-0.1, -0.05) is 19.8 Å². The van der Waals surface area contributed by atoms with Crippen molar-refractivity contribution in [2.75, 3.05) is 19.7 Å². The van der Waals surface area contributed by atoms with E-state index in [-0.39, 0.29) is 17.9 Å². The summed E-state index contributed by atoms with van der Waals surface area (Å²) in [6, 6.07) is 1.87. The van der Waals surface area contributed by atoms with E-state index in [9.17, 15) is 9.90 Å². The third-order valence-electron chi connectivity index (χ3n) is 5.01. The third-order valence-corrected chi connectivity index (χ3v) is 5.01. The van der Waals surface area contributed by atoms with Crippen LogP contribution in [0.4, 0.5) is 0 Å². The summed E-state index contributed by atoms with van der Waals surface area (Å²) in [5.74, 6) is 0.469. The molecule has 3 rings (SSSR count). The van der Waals surface area contributed by atoms with E-state index >= 15 is 0 Å². The highest BCUT2D eigenvalue weighted by atomic mass is 16.3. The number of hydrogen-bond acceptors (Lipinski definition) is 3. The van der Waals surface area contributed by atoms with Gasteiger partial charge in [-0.3, -0.25) is 9.89 Å². The molecule has 1 aromatic rings. The second-order valence-corrected chi connectivity index (χ2v) is 6.32. The molecule has 0 bridgehead atoms. The number of nitrogens with zero attached hydrogens (tertiary/aromatic N) is 2. The van der Waals surface area contributed by atoms with Crippen LogP contribution in [0.1, 0.15) is 48.8 Å². The lowest BCUT2D eigenvalue weighted by Crippen LogP contribution is -2.34. The Kier molecular flexibility index (Phi) is 3.54. The normalized spacial score (nSPS) is 28.9. The van der Waals surface area contributed by atoms with Crippen molar-refractivity contribution in [2.45, 2.75) is 39.0 Å². The molecule has 1 aliphatic carbocycles. The van der Waals surface area contributed by atoms with Crippen LogP contribution in [-0.4, -0.2) is 45.8 Å². The van der Waals surface area contributed by atoms with Crippen LogP contribution in [-0.2, 0) is 6.42 Å². The van der Waals surface area contributed by atoms with Gasteiger partial charge in [-0.2, -0.15) is 5.10 Å². The summed E-state index contributed by atoms with van der Waals surface area (Å²) >= 11 is 0. The van der Waals surface area contributed by atoms with Gasteiger partial charge in [0, 0.05) is 24.2 Å². The first-order valence-electron chi connectivity index (χ1n) is 7.63. The molecule has 20 heavy (non-hydrogen) atoms. The van der Waals surface area contributed by atoms with Crippen molar-refractivity contribution in [3.8, 4) is 0 Å². The van der Waals surface area contributed by atoms with Gasteiger partial charge < -0.3 is 10.0 Å². The van der Waals surface area contributed by atoms with E-state index in [1.807, 2.05) is 11.0 Å². The van der Waals surface area contributed by atoms with Crippen LogP contribution in [0, 0.1) is 11.3 Å². The fraction of sp³-hybridized carbons (Fsp3) is 0.733. The Balaban J connectivity index is 1.72. The molecule has 5 nitrogen and oxygen atoms in total. The summed E-state index contributed by atoms with van der Waals surface area (Å²) in [5.41, 5.74) is 1.49. The second kappa shape index (κ2) is 5.20. The van der Waals surface area contributed by atoms with Crippen molar-refractivity contribution in [3.05, 3.63) is 17.5 Å². The standard InChI is InChI=1S/C15H23N3O2/c1-2-4-12-7-13(17-16-12)14(20)18-8-11-5-3-6-15(11,9-18)10-19/h7,11,19H,2-6,8-10H2,1H3,(H,16,17)/t11-,15+/m0/s1. The van der Waals surface area contributed by atoms with E-state index < -0.39 is 0 Å². The van der Waals surface area contributed by atoms with Crippen molar-refractivity contribution in [1.29, 1.82) is 0 Å². The van der Waals surface area contributed by atoms with E-state index in [1.165, 1.54) is 6.42 Å². The molecule has 1 saturated carbocycles. The molecule has 0 aromatic carbocycles. The van der Waals surface area contributed by atoms with E-state index in [4.69, 9.17) is 0 Å². The molecule has 0 spiro atoms. The monoisotopic (exact) mass is 277 g/mol. The van der Waals surface area contributed by atoms with E-state index in [1.54, 1.807) is 0 Å². The molecule has 0 radical (unpaired) electrons. The number of amides is 1. The number of hydrogen-bond donors (Lipinski definition) is 2. The van der Waals surface area contributed by atoms with Gasteiger partial charge in [0.1, 0.15) is 5.69 Å². The number of aromatic amines is 1. The van der Waals surface area contributed by atoms with Gasteiger partial charge in [-0.25, -0.2) is 0 Å². The van der Waals surface area contributed by atoms with Crippen molar-refractivity contribution in [3.63, 3.8) is 0 Å². The number of likely N-dealkylation sites (tertiary alicyclic amines) is 1. The summed E-state index contributed by atoms with van der Waals surface area (Å²) in [6.07, 6.45) is 5.31. The minimum atomic E-state index is -0.0434. The van der Waals surface area contributed by atoms with Crippen LogP contribution < -0.4 is 0 Å². The van der Waals surface area contributed by atoms with Gasteiger partial charge in [0.25, 0.3) is 5.91 Å². The molecule has 2 aliphatic rings. The van der Waals surface area contributed by atoms with Crippen LogP contribution in [0.25, 0.3) is 0 Å². The highest BCUT2D eigenvalue weighted by molar-refractivity contribution is 5.92. The average Bonchev–Trinajstić information content (AvgIpc) is 3.11. The quantitative estimate of drug-likeness (QED) is 0.878. The molecule has 110 valence electrons. The molecule has 5 heteroatoms. The lowest BCUT2D eigenvalue weighted by atomic mass is 9.82. The van der Waals surface area contributed by atoms with Gasteiger partial charge >= 0.3 is 0 Å². The van der Waals surface area contributed by atoms with Gasteiger partial charge in [0.05, 0.1) is 6.61 Å². The second-order valence-electron chi connectivity index (χ2n) is 6.32. The van der Waals surface area contributed by atoms with Crippen molar-refractivity contribution in [2.24, 2.45) is 11.3 Å². The zero-order chi connectivity index (χ0) is 14.2. The maximum atomic E-state index is 12.5. The number of aromatic nitrogens is 2. The Bertz CT molecular complexity index is 499. The molecule has 2 atom stereocenters. The number of carbonyl (C=O) groups is 1. The first-order chi connectivity index (χ1) is 9.68. The maximum Gasteiger partial charge on any atom is 0.274 e. The Morgan fingerprint density at radius 3 is 3.20 bits per heavy atom. The topological polar surface area (TPSA) is 69.2 Å². The van der Waals surface area contributed by atoms with Crippen molar-refractivity contribution < 1.29 is 9.90 Å². The summed E-state index contributed by atoms with van der Waals surface area (Å²) in [7, 11) is 0. The van der Waals surface area contributed by atoms with Crippen molar-refractivity contribution in [1.82, 2.24) is 15.1 Å². The Morgan fingerprint density at radius 1 is 1.65 bits per heavy atom. The molecule has 2 N–H and O–H groups in total. The number of fused-ring (bicyclic) bond motifs is 1. The molecule has 1 saturated heterocycles. The lowest BCUT2D eigenvalue weighted by molar-refractivity contribution is 0.0729. The molecule has 1 aliphatic heterocycles. The van der Waals surface area contributed by atoms with Gasteiger partial charge in [0.2, 0.25) is 0 Å². The van der Waals surface area contributed by atoms with Crippen LogP contribution in [0.3, 0.4) is 0 Å². The SMILES string of the molecule is CCCc1cc(C(=O)N2C[C@@H]3CCC[C@]3(CO)C2)n[nH]1. The van der Waals surface area contributed by atoms with Crippen molar-refractivity contribution >= 4 is 5.91 Å². The van der Waals surface area contributed by atoms with Gasteiger partial charge in [-0.05, 0) is 31.2 Å². The molecule has 1 aromatic heterocycles. The number of rotatable bonds is 4. The molecular formula is C15H23N3O2. The van der Waals surface area contributed by atoms with Gasteiger partial charge in [-0.15, -0.1) is 0 Å². The van der Waals surface area contributed by atoms with Crippen LogP contribution >= 0.6 is 0 Å². The number of aryl methyl sites for hydroxylation is 1. The smallest absolute Gasteiger partial charge is 0.274 e. The fourth-order valence-corrected chi connectivity index (χ4v) is 3.86. The predicted molar refractivity (Wildman–Crippen MR) is 75.3 cm³/mol. The Morgan fingerprint density at radius 2 is 2.50 bits per heavy atom. The van der Waals surface area contributed by atoms with E-state index in [2.05, 4.69) is 17.1 Å². The summed E-state index contributed by atoms with van der Waals surface area (Å²) in [4.78, 5) is 14.4.